The molecule has 0 aliphatic heterocycles. The van der Waals surface area contributed by atoms with Gasteiger partial charge in [-0.05, 0) is 12.8 Å². The monoisotopic (exact) mass is 172 g/mol. The van der Waals surface area contributed by atoms with Crippen LogP contribution in [-0.4, -0.2) is 17.4 Å². The van der Waals surface area contributed by atoms with E-state index in [0.717, 1.165) is 31.5 Å². The number of hydrogen-bond acceptors (Lipinski definition) is 2. The first-order chi connectivity index (χ1) is 5.35. The molecule has 3 radical (unpaired) electrons. The van der Waals surface area contributed by atoms with Gasteiger partial charge >= 0.3 is 0 Å². The average molecular weight is 172 g/mol. The van der Waals surface area contributed by atoms with Crippen LogP contribution in [0, 0.1) is 6.26 Å². The molecule has 0 aliphatic rings. The zero-order valence-corrected chi connectivity index (χ0v) is 8.41. The van der Waals surface area contributed by atoms with E-state index in [2.05, 4.69) is 18.2 Å². The van der Waals surface area contributed by atoms with Crippen LogP contribution in [0.5, 0.6) is 0 Å². The van der Waals surface area contributed by atoms with E-state index in [1.54, 1.807) is 0 Å². The number of rotatable bonds is 7. The Balaban J connectivity index is 3.20. The third kappa shape index (κ3) is 6.70. The van der Waals surface area contributed by atoms with Crippen LogP contribution in [-0.2, 0) is 0 Å². The second kappa shape index (κ2) is 8.41. The van der Waals surface area contributed by atoms with Gasteiger partial charge in [-0.15, -0.1) is 0 Å². The Morgan fingerprint density at radius 1 is 1.09 bits per heavy atom. The van der Waals surface area contributed by atoms with E-state index in [0.29, 0.717) is 0 Å². The third-order valence-corrected chi connectivity index (χ3v) is 2.24. The van der Waals surface area contributed by atoms with Crippen LogP contribution >= 0.6 is 11.9 Å². The normalized spacial score (nSPS) is 10.9. The summed E-state index contributed by atoms with van der Waals surface area (Å²) in [5.41, 5.74) is 0. The smallest absolute Gasteiger partial charge is 0.0874 e. The minimum absolute atomic E-state index is 1.05. The second-order valence-corrected chi connectivity index (χ2v) is 3.43. The van der Waals surface area contributed by atoms with Gasteiger partial charge in [0.25, 0.3) is 0 Å². The van der Waals surface area contributed by atoms with Crippen molar-refractivity contribution in [1.29, 1.82) is 0 Å². The summed E-state index contributed by atoms with van der Waals surface area (Å²) in [5, 5.41) is 0. The molecule has 1 nitrogen and oxygen atoms in total. The van der Waals surface area contributed by atoms with Gasteiger partial charge in [0.15, 0.2) is 0 Å². The third-order valence-electron chi connectivity index (χ3n) is 1.61. The van der Waals surface area contributed by atoms with Crippen molar-refractivity contribution in [2.24, 2.45) is 0 Å². The molecule has 0 bridgehead atoms. The molecule has 0 atom stereocenters. The highest BCUT2D eigenvalue weighted by Crippen LogP contribution is 2.09. The van der Waals surface area contributed by atoms with E-state index in [9.17, 15) is 0 Å². The van der Waals surface area contributed by atoms with Gasteiger partial charge in [-0.2, -0.15) is 0 Å². The lowest BCUT2D eigenvalue weighted by Crippen LogP contribution is -2.16. The molecule has 11 heavy (non-hydrogen) atoms. The van der Waals surface area contributed by atoms with E-state index in [1.165, 1.54) is 19.3 Å². The minimum atomic E-state index is 1.05. The molecule has 0 aromatic rings. The summed E-state index contributed by atoms with van der Waals surface area (Å²) in [4.78, 5) is 0. The van der Waals surface area contributed by atoms with Crippen LogP contribution < -0.4 is 0 Å². The van der Waals surface area contributed by atoms with E-state index in [4.69, 9.17) is 6.26 Å². The topological polar surface area (TPSA) is 3.24 Å². The van der Waals surface area contributed by atoms with Crippen LogP contribution in [0.4, 0.5) is 0 Å². The summed E-state index contributed by atoms with van der Waals surface area (Å²) in [5.74, 6) is 0. The second-order valence-electron chi connectivity index (χ2n) is 2.73. The largest absolute Gasteiger partial charge is 0.250 e. The van der Waals surface area contributed by atoms with Gasteiger partial charge in [-0.3, -0.25) is 4.31 Å². The maximum absolute atomic E-state index is 7.14. The highest BCUT2D eigenvalue weighted by molar-refractivity contribution is 7.98. The van der Waals surface area contributed by atoms with Gasteiger partial charge in [-0.1, -0.05) is 38.6 Å². The molecule has 0 saturated carbocycles. The predicted molar refractivity (Wildman–Crippen MR) is 52.2 cm³/mol. The summed E-state index contributed by atoms with van der Waals surface area (Å²) >= 11 is 1.13. The lowest BCUT2D eigenvalue weighted by Gasteiger charge is -2.16. The van der Waals surface area contributed by atoms with Crippen molar-refractivity contribution in [3.8, 4) is 0 Å². The Labute approximate surface area is 75.7 Å². The molecule has 0 saturated heterocycles. The van der Waals surface area contributed by atoms with Crippen LogP contribution in [0.15, 0.2) is 0 Å². The molecule has 0 unspecified atom stereocenters. The van der Waals surface area contributed by atoms with Crippen molar-refractivity contribution in [3.63, 3.8) is 0 Å². The minimum Gasteiger partial charge on any atom is -0.250 e. The maximum atomic E-state index is 7.14. The van der Waals surface area contributed by atoms with Crippen molar-refractivity contribution in [3.05, 3.63) is 6.26 Å². The van der Waals surface area contributed by atoms with Gasteiger partial charge < -0.3 is 0 Å². The fourth-order valence-corrected chi connectivity index (χ4v) is 1.48. The van der Waals surface area contributed by atoms with Crippen molar-refractivity contribution in [2.75, 3.05) is 13.1 Å². The average Bonchev–Trinajstić information content (AvgIpc) is 2.03. The quantitative estimate of drug-likeness (QED) is 0.429. The molecular formula is C9H18NS. The van der Waals surface area contributed by atoms with E-state index >= 15 is 0 Å². The molecule has 0 rings (SSSR count). The Morgan fingerprint density at radius 3 is 2.27 bits per heavy atom. The van der Waals surface area contributed by atoms with Crippen molar-refractivity contribution in [1.82, 2.24) is 4.31 Å². The molecule has 0 spiro atoms. The molecule has 0 N–H and O–H groups in total. The zero-order valence-electron chi connectivity index (χ0n) is 7.60. The van der Waals surface area contributed by atoms with Crippen molar-refractivity contribution >= 4 is 11.9 Å². The summed E-state index contributed by atoms with van der Waals surface area (Å²) in [6.45, 7) is 6.49. The molecule has 0 amide bonds. The van der Waals surface area contributed by atoms with E-state index in [1.807, 2.05) is 0 Å². The van der Waals surface area contributed by atoms with Crippen molar-refractivity contribution in [2.45, 2.75) is 39.5 Å². The standard InChI is InChI=1S/C9H18NS/c1-4-6-7-9-10(11-3)8-5-2/h4-9H2,1-2H3. The summed E-state index contributed by atoms with van der Waals surface area (Å²) in [7, 11) is 0. The number of nitrogens with zero attached hydrogens (tertiary/aromatic N) is 1. The van der Waals surface area contributed by atoms with Crippen LogP contribution in [0.3, 0.4) is 0 Å². The van der Waals surface area contributed by atoms with Gasteiger partial charge in [-0.25, -0.2) is 0 Å². The van der Waals surface area contributed by atoms with Gasteiger partial charge in [0, 0.05) is 13.1 Å². The Morgan fingerprint density at radius 2 is 1.82 bits per heavy atom. The van der Waals surface area contributed by atoms with Crippen LogP contribution in [0.2, 0.25) is 0 Å². The van der Waals surface area contributed by atoms with Gasteiger partial charge in [0.05, 0.1) is 6.26 Å². The van der Waals surface area contributed by atoms with Gasteiger partial charge in [0.1, 0.15) is 0 Å². The van der Waals surface area contributed by atoms with Gasteiger partial charge in [0.2, 0.25) is 0 Å². The van der Waals surface area contributed by atoms with Crippen molar-refractivity contribution < 1.29 is 0 Å². The molecule has 0 aromatic heterocycles. The molecular weight excluding hydrogens is 154 g/mol. The summed E-state index contributed by atoms with van der Waals surface area (Å²) in [6, 6.07) is 0. The SMILES string of the molecule is [C]SN(CCC)CCCCC. The van der Waals surface area contributed by atoms with E-state index < -0.39 is 0 Å². The first kappa shape index (κ1) is 11.3. The number of hydrogen-bond donors (Lipinski definition) is 0. The summed E-state index contributed by atoms with van der Waals surface area (Å²) in [6.07, 6.45) is 12.1. The first-order valence-corrected chi connectivity index (χ1v) is 5.21. The fourth-order valence-electron chi connectivity index (χ4n) is 0.991. The van der Waals surface area contributed by atoms with Crippen LogP contribution in [0.25, 0.3) is 0 Å². The summed E-state index contributed by atoms with van der Waals surface area (Å²) < 4.78 is 2.12. The number of unbranched alkanes of at least 4 members (excludes halogenated alkanes) is 2. The molecule has 65 valence electrons. The molecule has 2 heteroatoms. The van der Waals surface area contributed by atoms with Crippen LogP contribution in [0.1, 0.15) is 39.5 Å². The maximum Gasteiger partial charge on any atom is 0.0874 e. The molecule has 0 heterocycles. The molecule has 0 aromatic carbocycles. The Bertz CT molecular complexity index is 76.0. The Hall–Kier alpha value is 0.310. The predicted octanol–water partition coefficient (Wildman–Crippen LogP) is 3.08. The molecule has 0 aliphatic carbocycles. The van der Waals surface area contributed by atoms with E-state index in [-0.39, 0.29) is 0 Å². The molecule has 0 fully saturated rings. The Kier molecular flexibility index (Phi) is 8.64. The fraction of sp³-hybridized carbons (Fsp3) is 0.889. The first-order valence-electron chi connectivity index (χ1n) is 4.43. The lowest BCUT2D eigenvalue weighted by atomic mass is 10.2. The highest BCUT2D eigenvalue weighted by atomic mass is 32.2. The highest BCUT2D eigenvalue weighted by Gasteiger charge is 1.99. The lowest BCUT2D eigenvalue weighted by molar-refractivity contribution is 0.451. The zero-order chi connectivity index (χ0) is 8.53.